The zero-order chi connectivity index (χ0) is 13.7. The van der Waals surface area contributed by atoms with E-state index < -0.39 is 0 Å². The van der Waals surface area contributed by atoms with Gasteiger partial charge < -0.3 is 15.2 Å². The van der Waals surface area contributed by atoms with Crippen LogP contribution in [0.1, 0.15) is 39.0 Å². The van der Waals surface area contributed by atoms with Crippen LogP contribution in [0, 0.1) is 5.92 Å². The number of nitrogens with two attached hydrogens (primary N) is 1. The van der Waals surface area contributed by atoms with Gasteiger partial charge in [-0.05, 0) is 44.9 Å². The lowest BCUT2D eigenvalue weighted by atomic mass is 9.86. The highest BCUT2D eigenvalue weighted by Crippen LogP contribution is 2.39. The fourth-order valence-electron chi connectivity index (χ4n) is 3.50. The Hall–Kier alpha value is -0.160. The molecular weight excluding hydrogens is 240 g/mol. The van der Waals surface area contributed by atoms with Crippen molar-refractivity contribution < 1.29 is 9.47 Å². The van der Waals surface area contributed by atoms with Gasteiger partial charge in [-0.2, -0.15) is 0 Å². The van der Waals surface area contributed by atoms with Crippen LogP contribution >= 0.6 is 0 Å². The van der Waals surface area contributed by atoms with E-state index >= 15 is 0 Å². The molecule has 1 heterocycles. The van der Waals surface area contributed by atoms with Gasteiger partial charge in [0.15, 0.2) is 0 Å². The topological polar surface area (TPSA) is 47.7 Å². The number of methoxy groups -OCH3 is 1. The largest absolute Gasteiger partial charge is 0.383 e. The van der Waals surface area contributed by atoms with E-state index in [-0.39, 0.29) is 5.54 Å². The first kappa shape index (κ1) is 15.2. The van der Waals surface area contributed by atoms with E-state index in [4.69, 9.17) is 15.2 Å². The molecule has 0 aromatic heterocycles. The van der Waals surface area contributed by atoms with Gasteiger partial charge in [0.05, 0.1) is 6.61 Å². The highest BCUT2D eigenvalue weighted by Gasteiger charge is 2.42. The summed E-state index contributed by atoms with van der Waals surface area (Å²) in [5, 5.41) is 0. The molecule has 1 saturated heterocycles. The minimum absolute atomic E-state index is 0.122. The van der Waals surface area contributed by atoms with E-state index in [1.54, 1.807) is 7.11 Å². The Morgan fingerprint density at radius 2 is 2.16 bits per heavy atom. The van der Waals surface area contributed by atoms with Crippen molar-refractivity contribution >= 4 is 0 Å². The number of hydrogen-bond acceptors (Lipinski definition) is 4. The second-order valence-corrected chi connectivity index (χ2v) is 6.16. The average Bonchev–Trinajstić information content (AvgIpc) is 3.26. The number of rotatable bonds is 7. The molecule has 1 aliphatic carbocycles. The molecule has 2 N–H and O–H groups in total. The molecule has 4 heteroatoms. The van der Waals surface area contributed by atoms with Gasteiger partial charge in [-0.15, -0.1) is 0 Å². The molecule has 112 valence electrons. The predicted octanol–water partition coefficient (Wildman–Crippen LogP) is 1.63. The normalized spacial score (nSPS) is 30.3. The summed E-state index contributed by atoms with van der Waals surface area (Å²) in [7, 11) is 1.78. The standard InChI is InChI=1S/C15H30N2O2/c1-13(14-4-5-14)17(8-11-18-2)15(12-16)6-3-9-19-10-7-15/h13-14H,3-12,16H2,1-2H3. The Kier molecular flexibility index (Phi) is 5.63. The molecular formula is C15H30N2O2. The molecule has 4 nitrogen and oxygen atoms in total. The molecule has 2 fully saturated rings. The van der Waals surface area contributed by atoms with Crippen molar-refractivity contribution in [1.29, 1.82) is 0 Å². The Labute approximate surface area is 117 Å². The molecule has 0 spiro atoms. The lowest BCUT2D eigenvalue weighted by Crippen LogP contribution is -2.58. The first-order valence-electron chi connectivity index (χ1n) is 7.77. The summed E-state index contributed by atoms with van der Waals surface area (Å²) in [4.78, 5) is 2.64. The molecule has 1 saturated carbocycles. The maximum absolute atomic E-state index is 6.20. The molecule has 0 bridgehead atoms. The lowest BCUT2D eigenvalue weighted by Gasteiger charge is -2.46. The van der Waals surface area contributed by atoms with Gasteiger partial charge in [0.2, 0.25) is 0 Å². The fraction of sp³-hybridized carbons (Fsp3) is 1.00. The molecule has 2 atom stereocenters. The van der Waals surface area contributed by atoms with Crippen molar-refractivity contribution in [2.75, 3.05) is 40.0 Å². The van der Waals surface area contributed by atoms with Crippen molar-refractivity contribution in [2.45, 2.75) is 50.6 Å². The summed E-state index contributed by atoms with van der Waals surface area (Å²) in [5.41, 5.74) is 6.32. The zero-order valence-electron chi connectivity index (χ0n) is 12.6. The molecule has 0 aromatic carbocycles. The number of ether oxygens (including phenoxy) is 2. The molecule has 19 heavy (non-hydrogen) atoms. The molecule has 2 unspecified atom stereocenters. The third kappa shape index (κ3) is 3.69. The quantitative estimate of drug-likeness (QED) is 0.764. The monoisotopic (exact) mass is 270 g/mol. The molecule has 0 radical (unpaired) electrons. The van der Waals surface area contributed by atoms with E-state index in [0.717, 1.165) is 58.1 Å². The van der Waals surface area contributed by atoms with E-state index in [1.165, 1.54) is 12.8 Å². The highest BCUT2D eigenvalue weighted by atomic mass is 16.5. The Bertz CT molecular complexity index is 261. The SMILES string of the molecule is COCCN(C(C)C1CC1)C1(CN)CCCOCC1. The van der Waals surface area contributed by atoms with Crippen LogP contribution in [0.4, 0.5) is 0 Å². The second kappa shape index (κ2) is 7.02. The molecule has 1 aliphatic heterocycles. The summed E-state index contributed by atoms with van der Waals surface area (Å²) in [6.45, 7) is 6.62. The minimum Gasteiger partial charge on any atom is -0.383 e. The average molecular weight is 270 g/mol. The Balaban J connectivity index is 2.11. The maximum Gasteiger partial charge on any atom is 0.0590 e. The summed E-state index contributed by atoms with van der Waals surface area (Å²) < 4.78 is 11.0. The predicted molar refractivity (Wildman–Crippen MR) is 77.2 cm³/mol. The second-order valence-electron chi connectivity index (χ2n) is 6.16. The molecule has 0 amide bonds. The van der Waals surface area contributed by atoms with Gasteiger partial charge >= 0.3 is 0 Å². The number of nitrogens with zero attached hydrogens (tertiary/aromatic N) is 1. The van der Waals surface area contributed by atoms with Crippen LogP contribution in [0.15, 0.2) is 0 Å². The van der Waals surface area contributed by atoms with Crippen LogP contribution in [0.3, 0.4) is 0 Å². The Morgan fingerprint density at radius 3 is 2.79 bits per heavy atom. The summed E-state index contributed by atoms with van der Waals surface area (Å²) in [6, 6.07) is 0.622. The van der Waals surface area contributed by atoms with E-state index in [9.17, 15) is 0 Å². The fourth-order valence-corrected chi connectivity index (χ4v) is 3.50. The smallest absolute Gasteiger partial charge is 0.0590 e. The molecule has 2 rings (SSSR count). The van der Waals surface area contributed by atoms with Crippen molar-refractivity contribution in [2.24, 2.45) is 11.7 Å². The van der Waals surface area contributed by atoms with Gasteiger partial charge in [0, 0.05) is 45.0 Å². The third-order valence-corrected chi connectivity index (χ3v) is 4.96. The van der Waals surface area contributed by atoms with E-state index in [0.29, 0.717) is 6.04 Å². The van der Waals surface area contributed by atoms with E-state index in [2.05, 4.69) is 11.8 Å². The van der Waals surface area contributed by atoms with Crippen LogP contribution in [0.25, 0.3) is 0 Å². The van der Waals surface area contributed by atoms with Crippen LogP contribution in [0.5, 0.6) is 0 Å². The zero-order valence-corrected chi connectivity index (χ0v) is 12.6. The molecule has 0 aromatic rings. The van der Waals surface area contributed by atoms with Gasteiger partial charge in [-0.1, -0.05) is 0 Å². The van der Waals surface area contributed by atoms with Crippen molar-refractivity contribution in [3.63, 3.8) is 0 Å². The van der Waals surface area contributed by atoms with Gasteiger partial charge in [-0.25, -0.2) is 0 Å². The first-order valence-corrected chi connectivity index (χ1v) is 7.77. The summed E-state index contributed by atoms with van der Waals surface area (Å²) in [5.74, 6) is 0.865. The Morgan fingerprint density at radius 1 is 1.37 bits per heavy atom. The first-order chi connectivity index (χ1) is 9.23. The summed E-state index contributed by atoms with van der Waals surface area (Å²) in [6.07, 6.45) is 6.09. The summed E-state index contributed by atoms with van der Waals surface area (Å²) >= 11 is 0. The van der Waals surface area contributed by atoms with Crippen LogP contribution < -0.4 is 5.73 Å². The van der Waals surface area contributed by atoms with Crippen molar-refractivity contribution in [3.8, 4) is 0 Å². The van der Waals surface area contributed by atoms with Crippen LogP contribution in [-0.2, 0) is 9.47 Å². The van der Waals surface area contributed by atoms with Gasteiger partial charge in [-0.3, -0.25) is 4.90 Å². The van der Waals surface area contributed by atoms with E-state index in [1.807, 2.05) is 0 Å². The lowest BCUT2D eigenvalue weighted by molar-refractivity contribution is 0.00768. The van der Waals surface area contributed by atoms with Crippen molar-refractivity contribution in [1.82, 2.24) is 4.90 Å². The third-order valence-electron chi connectivity index (χ3n) is 4.96. The highest BCUT2D eigenvalue weighted by molar-refractivity contribution is 4.98. The number of hydrogen-bond donors (Lipinski definition) is 1. The van der Waals surface area contributed by atoms with Gasteiger partial charge in [0.1, 0.15) is 0 Å². The molecule has 2 aliphatic rings. The minimum atomic E-state index is 0.122. The van der Waals surface area contributed by atoms with Crippen LogP contribution in [-0.4, -0.2) is 56.5 Å². The van der Waals surface area contributed by atoms with Gasteiger partial charge in [0.25, 0.3) is 0 Å². The van der Waals surface area contributed by atoms with Crippen LogP contribution in [0.2, 0.25) is 0 Å². The maximum atomic E-state index is 6.20. The van der Waals surface area contributed by atoms with Crippen molar-refractivity contribution in [3.05, 3.63) is 0 Å².